The maximum Gasteiger partial charge on any atom is 0.446 e. The van der Waals surface area contributed by atoms with Crippen molar-refractivity contribution in [2.45, 2.75) is 26.9 Å². The zero-order valence-electron chi connectivity index (χ0n) is 25.3. The fraction of sp³-hybridized carbons (Fsp3) is 0.250. The van der Waals surface area contributed by atoms with Crippen molar-refractivity contribution in [3.8, 4) is 23.0 Å². The van der Waals surface area contributed by atoms with Crippen molar-refractivity contribution in [3.05, 3.63) is 82.8 Å². The van der Waals surface area contributed by atoms with Gasteiger partial charge in [-0.05, 0) is 31.5 Å². The number of furan rings is 2. The largest absolute Gasteiger partial charge is 0.493 e. The van der Waals surface area contributed by atoms with Crippen LogP contribution in [0.2, 0.25) is 0 Å². The maximum atomic E-state index is 13.1. The van der Waals surface area contributed by atoms with Gasteiger partial charge in [0.05, 0.1) is 27.4 Å². The average Bonchev–Trinajstić information content (AvgIpc) is 3.54. The first-order valence-electron chi connectivity index (χ1n) is 13.9. The smallest absolute Gasteiger partial charge is 0.446 e. The Bertz CT molecular complexity index is 2010. The van der Waals surface area contributed by atoms with Crippen LogP contribution in [0.4, 0.5) is 0 Å². The normalized spacial score (nSPS) is 11.4. The van der Waals surface area contributed by atoms with Crippen molar-refractivity contribution in [3.63, 3.8) is 0 Å². The van der Waals surface area contributed by atoms with Crippen LogP contribution in [-0.4, -0.2) is 52.3 Å². The van der Waals surface area contributed by atoms with Gasteiger partial charge in [0.15, 0.2) is 28.8 Å². The SMILES string of the molecule is CCOC(=O)c1c(COc2cc3c(C(=O)OCCc4ccccc4)c(C)oc3cc2OC)oc2cc(OC)c(OS(=O)(=O)O)cc12. The van der Waals surface area contributed by atoms with Gasteiger partial charge in [-0.1, -0.05) is 30.3 Å². The number of rotatable bonds is 13. The molecule has 0 bridgehead atoms. The monoisotopic (exact) mass is 654 g/mol. The van der Waals surface area contributed by atoms with E-state index in [1.165, 1.54) is 20.3 Å². The molecule has 13 nitrogen and oxygen atoms in total. The van der Waals surface area contributed by atoms with E-state index in [2.05, 4.69) is 4.18 Å². The summed E-state index contributed by atoms with van der Waals surface area (Å²) >= 11 is 0. The predicted octanol–water partition coefficient (Wildman–Crippen LogP) is 5.84. The number of carbonyl (C=O) groups excluding carboxylic acids is 2. The highest BCUT2D eigenvalue weighted by atomic mass is 32.3. The van der Waals surface area contributed by atoms with Gasteiger partial charge in [0.25, 0.3) is 0 Å². The third-order valence-electron chi connectivity index (χ3n) is 6.90. The quantitative estimate of drug-likeness (QED) is 0.119. The maximum absolute atomic E-state index is 13.1. The summed E-state index contributed by atoms with van der Waals surface area (Å²) < 4.78 is 75.9. The predicted molar refractivity (Wildman–Crippen MR) is 163 cm³/mol. The fourth-order valence-corrected chi connectivity index (χ4v) is 5.25. The number of ether oxygens (including phenoxy) is 5. The number of benzene rings is 3. The molecule has 242 valence electrons. The Morgan fingerprint density at radius 1 is 0.804 bits per heavy atom. The average molecular weight is 655 g/mol. The van der Waals surface area contributed by atoms with Crippen molar-refractivity contribution in [1.82, 2.24) is 0 Å². The minimum Gasteiger partial charge on any atom is -0.493 e. The van der Waals surface area contributed by atoms with E-state index in [1.807, 2.05) is 30.3 Å². The first-order chi connectivity index (χ1) is 22.0. The Morgan fingerprint density at radius 2 is 1.41 bits per heavy atom. The highest BCUT2D eigenvalue weighted by Gasteiger charge is 2.27. The van der Waals surface area contributed by atoms with Crippen LogP contribution in [0, 0.1) is 6.92 Å². The molecule has 0 atom stereocenters. The number of esters is 2. The van der Waals surface area contributed by atoms with Crippen molar-refractivity contribution < 1.29 is 59.3 Å². The summed E-state index contributed by atoms with van der Waals surface area (Å²) in [5.74, 6) is -1.00. The van der Waals surface area contributed by atoms with Gasteiger partial charge in [0, 0.05) is 29.3 Å². The Morgan fingerprint density at radius 3 is 2.07 bits per heavy atom. The zero-order chi connectivity index (χ0) is 33.0. The Labute approximate surface area is 263 Å². The van der Waals surface area contributed by atoms with Crippen molar-refractivity contribution >= 4 is 44.3 Å². The van der Waals surface area contributed by atoms with E-state index in [0.29, 0.717) is 23.2 Å². The first kappa shape index (κ1) is 32.2. The van der Waals surface area contributed by atoms with Crippen LogP contribution in [0.25, 0.3) is 21.9 Å². The number of hydrogen-bond acceptors (Lipinski definition) is 12. The summed E-state index contributed by atoms with van der Waals surface area (Å²) in [4.78, 5) is 26.2. The Kier molecular flexibility index (Phi) is 9.39. The van der Waals surface area contributed by atoms with Gasteiger partial charge in [0.1, 0.15) is 34.7 Å². The highest BCUT2D eigenvalue weighted by Crippen LogP contribution is 2.40. The lowest BCUT2D eigenvalue weighted by atomic mass is 10.1. The molecule has 0 spiro atoms. The summed E-state index contributed by atoms with van der Waals surface area (Å²) in [7, 11) is -2.24. The second-order valence-corrected chi connectivity index (χ2v) is 10.8. The molecule has 0 amide bonds. The molecule has 0 saturated carbocycles. The van der Waals surface area contributed by atoms with Crippen LogP contribution in [-0.2, 0) is 32.9 Å². The van der Waals surface area contributed by atoms with Crippen LogP contribution in [0.5, 0.6) is 23.0 Å². The zero-order valence-corrected chi connectivity index (χ0v) is 26.1. The first-order valence-corrected chi connectivity index (χ1v) is 15.3. The second-order valence-electron chi connectivity index (χ2n) is 9.82. The molecule has 46 heavy (non-hydrogen) atoms. The molecule has 0 saturated heterocycles. The molecule has 5 rings (SSSR count). The number of hydrogen-bond donors (Lipinski definition) is 1. The highest BCUT2D eigenvalue weighted by molar-refractivity contribution is 7.81. The molecule has 0 aliphatic heterocycles. The van der Waals surface area contributed by atoms with E-state index in [1.54, 1.807) is 26.0 Å². The second kappa shape index (κ2) is 13.4. The van der Waals surface area contributed by atoms with Gasteiger partial charge in [-0.2, -0.15) is 8.42 Å². The number of methoxy groups -OCH3 is 2. The summed E-state index contributed by atoms with van der Waals surface area (Å²) in [6.07, 6.45) is 0.541. The minimum absolute atomic E-state index is 0.0191. The summed E-state index contributed by atoms with van der Waals surface area (Å²) in [5, 5.41) is 0.537. The van der Waals surface area contributed by atoms with Gasteiger partial charge in [-0.15, -0.1) is 0 Å². The van der Waals surface area contributed by atoms with Crippen molar-refractivity contribution in [2.24, 2.45) is 0 Å². The van der Waals surface area contributed by atoms with E-state index in [4.69, 9.17) is 32.5 Å². The molecular weight excluding hydrogens is 624 g/mol. The van der Waals surface area contributed by atoms with Crippen molar-refractivity contribution in [2.75, 3.05) is 27.4 Å². The molecule has 3 aromatic carbocycles. The Balaban J connectivity index is 1.47. The summed E-state index contributed by atoms with van der Waals surface area (Å²) in [6, 6.07) is 15.2. The topological polar surface area (TPSA) is 170 Å². The molecule has 2 heterocycles. The summed E-state index contributed by atoms with van der Waals surface area (Å²) in [6.45, 7) is 3.14. The lowest BCUT2D eigenvalue weighted by Gasteiger charge is -2.11. The Hall–Kier alpha value is -5.21. The van der Waals surface area contributed by atoms with Crippen molar-refractivity contribution in [1.29, 1.82) is 0 Å². The van der Waals surface area contributed by atoms with E-state index >= 15 is 0 Å². The van der Waals surface area contributed by atoms with E-state index in [0.717, 1.165) is 11.6 Å². The molecule has 2 aromatic heterocycles. The summed E-state index contributed by atoms with van der Waals surface area (Å²) in [5.41, 5.74) is 1.67. The third-order valence-corrected chi connectivity index (χ3v) is 7.29. The molecule has 0 radical (unpaired) electrons. The van der Waals surface area contributed by atoms with Crippen LogP contribution in [0.1, 0.15) is 44.7 Å². The van der Waals surface area contributed by atoms with E-state index < -0.39 is 22.3 Å². The molecule has 14 heteroatoms. The molecule has 0 aliphatic rings. The number of fused-ring (bicyclic) bond motifs is 2. The number of carbonyl (C=O) groups is 2. The molecule has 0 aliphatic carbocycles. The lowest BCUT2D eigenvalue weighted by Crippen LogP contribution is -2.10. The van der Waals surface area contributed by atoms with Gasteiger partial charge in [0.2, 0.25) is 0 Å². The van der Waals surface area contributed by atoms with Crippen LogP contribution >= 0.6 is 0 Å². The van der Waals surface area contributed by atoms with E-state index in [9.17, 15) is 22.6 Å². The van der Waals surface area contributed by atoms with Gasteiger partial charge in [-0.25, -0.2) is 9.59 Å². The number of aryl methyl sites for hydroxylation is 1. The van der Waals surface area contributed by atoms with Gasteiger partial charge >= 0.3 is 22.3 Å². The minimum atomic E-state index is -4.92. The standard InChI is InChI=1S/C32H30O13S/c1-5-40-32(34)30-21-14-27(45-46(35,36)37)25(39-4)16-23(21)44-28(30)17-42-26-13-20-22(15-24(26)38-3)43-18(2)29(20)31(33)41-12-11-19-9-7-6-8-10-19/h6-10,13-16H,5,11-12,17H2,1-4H3,(H,35,36,37). The molecule has 5 aromatic rings. The molecular formula is C32H30O13S. The molecule has 0 fully saturated rings. The third kappa shape index (κ3) is 6.87. The molecule has 0 unspecified atom stereocenters. The lowest BCUT2D eigenvalue weighted by molar-refractivity contribution is 0.0504. The van der Waals surface area contributed by atoms with E-state index in [-0.39, 0.29) is 70.7 Å². The van der Waals surface area contributed by atoms with Crippen LogP contribution in [0.3, 0.4) is 0 Å². The van der Waals surface area contributed by atoms with Crippen LogP contribution < -0.4 is 18.4 Å². The molecule has 1 N–H and O–H groups in total. The fourth-order valence-electron chi connectivity index (χ4n) is 4.90. The van der Waals surface area contributed by atoms with Gasteiger partial charge < -0.3 is 36.7 Å². The van der Waals surface area contributed by atoms with Crippen LogP contribution in [0.15, 0.2) is 63.4 Å². The van der Waals surface area contributed by atoms with Gasteiger partial charge in [-0.3, -0.25) is 4.55 Å².